The molecule has 2 amide bonds. The van der Waals surface area contributed by atoms with E-state index in [9.17, 15) is 18.0 Å². The van der Waals surface area contributed by atoms with Gasteiger partial charge in [0.1, 0.15) is 5.54 Å². The van der Waals surface area contributed by atoms with Gasteiger partial charge in [0.25, 0.3) is 5.91 Å². The fourth-order valence-electron chi connectivity index (χ4n) is 2.88. The van der Waals surface area contributed by atoms with E-state index in [1.807, 2.05) is 19.1 Å². The van der Waals surface area contributed by atoms with Gasteiger partial charge in [0.05, 0.1) is 5.25 Å². The number of allylic oxidation sites excluding steroid dienone is 1. The lowest BCUT2D eigenvalue weighted by Gasteiger charge is -2.20. The first-order valence-electron chi connectivity index (χ1n) is 9.67. The zero-order chi connectivity index (χ0) is 19.5. The van der Waals surface area contributed by atoms with E-state index in [-0.39, 0.29) is 17.7 Å². The zero-order valence-electron chi connectivity index (χ0n) is 16.2. The highest BCUT2D eigenvalue weighted by Gasteiger charge is 2.61. The van der Waals surface area contributed by atoms with Gasteiger partial charge in [-0.15, -0.1) is 0 Å². The average molecular weight is 385 g/mol. The lowest BCUT2D eigenvalue weighted by molar-refractivity contribution is -0.131. The summed E-state index contributed by atoms with van der Waals surface area (Å²) in [5.74, 6) is -0.576. The first kappa shape index (κ1) is 20.9. The van der Waals surface area contributed by atoms with Gasteiger partial charge in [-0.25, -0.2) is 8.42 Å². The summed E-state index contributed by atoms with van der Waals surface area (Å²) in [4.78, 5) is 25.1. The minimum absolute atomic E-state index is 0.155. The molecule has 2 fully saturated rings. The highest BCUT2D eigenvalue weighted by molar-refractivity contribution is 7.90. The molecule has 3 atom stereocenters. The molecule has 26 heavy (non-hydrogen) atoms. The van der Waals surface area contributed by atoms with Crippen molar-refractivity contribution in [2.45, 2.75) is 77.0 Å². The maximum atomic E-state index is 12.7. The molecule has 2 rings (SSSR count). The van der Waals surface area contributed by atoms with Gasteiger partial charge in [-0.2, -0.15) is 0 Å². The van der Waals surface area contributed by atoms with Crippen molar-refractivity contribution in [2.24, 2.45) is 17.8 Å². The third-order valence-electron chi connectivity index (χ3n) is 5.30. The Morgan fingerprint density at radius 2 is 1.88 bits per heavy atom. The maximum absolute atomic E-state index is 12.7. The lowest BCUT2D eigenvalue weighted by atomic mass is 10.1. The monoisotopic (exact) mass is 384 g/mol. The molecule has 0 radical (unpaired) electrons. The van der Waals surface area contributed by atoms with Crippen LogP contribution in [0.1, 0.15) is 66.2 Å². The Hall–Kier alpha value is -1.37. The summed E-state index contributed by atoms with van der Waals surface area (Å²) < 4.78 is 26.5. The number of hydrogen-bond acceptors (Lipinski definition) is 4. The summed E-state index contributed by atoms with van der Waals surface area (Å²) in [6.45, 7) is 8.01. The Labute approximate surface area is 157 Å². The Balaban J connectivity index is 2.07. The summed E-state index contributed by atoms with van der Waals surface area (Å²) in [5.41, 5.74) is -1.13. The molecular formula is C19H32N2O4S. The highest BCUT2D eigenvalue weighted by atomic mass is 32.2. The molecule has 2 aliphatic rings. The third kappa shape index (κ3) is 5.09. The van der Waals surface area contributed by atoms with E-state index >= 15 is 0 Å². The second kappa shape index (κ2) is 8.11. The molecule has 148 valence electrons. The van der Waals surface area contributed by atoms with Crippen molar-refractivity contribution >= 4 is 21.8 Å². The Kier molecular flexibility index (Phi) is 6.53. The maximum Gasteiger partial charge on any atom is 0.259 e. The molecule has 0 aromatic rings. The first-order chi connectivity index (χ1) is 12.1. The number of carbonyl (C=O) groups excluding carboxylic acids is 2. The Morgan fingerprint density at radius 3 is 2.42 bits per heavy atom. The van der Waals surface area contributed by atoms with Gasteiger partial charge in [-0.3, -0.25) is 14.3 Å². The summed E-state index contributed by atoms with van der Waals surface area (Å²) in [7, 11) is -3.63. The highest BCUT2D eigenvalue weighted by Crippen LogP contribution is 2.45. The smallest absolute Gasteiger partial charge is 0.259 e. The quantitative estimate of drug-likeness (QED) is 0.566. The molecule has 2 aliphatic carbocycles. The lowest BCUT2D eigenvalue weighted by Crippen LogP contribution is -2.53. The van der Waals surface area contributed by atoms with Crippen molar-refractivity contribution in [3.05, 3.63) is 12.2 Å². The van der Waals surface area contributed by atoms with Crippen LogP contribution in [0.2, 0.25) is 0 Å². The van der Waals surface area contributed by atoms with Crippen LogP contribution in [0, 0.1) is 17.8 Å². The largest absolute Gasteiger partial charge is 0.341 e. The van der Waals surface area contributed by atoms with Crippen molar-refractivity contribution in [3.8, 4) is 0 Å². The molecule has 0 aromatic heterocycles. The van der Waals surface area contributed by atoms with Crippen LogP contribution in [-0.4, -0.2) is 31.0 Å². The molecule has 0 bridgehead atoms. The van der Waals surface area contributed by atoms with Crippen molar-refractivity contribution in [3.63, 3.8) is 0 Å². The van der Waals surface area contributed by atoms with Gasteiger partial charge in [0.2, 0.25) is 15.9 Å². The number of hydrogen-bond donors (Lipinski definition) is 2. The van der Waals surface area contributed by atoms with Crippen molar-refractivity contribution in [2.75, 3.05) is 0 Å². The molecule has 2 saturated carbocycles. The summed E-state index contributed by atoms with van der Waals surface area (Å²) in [6, 6.07) is 0. The number of carbonyl (C=O) groups is 2. The van der Waals surface area contributed by atoms with Crippen LogP contribution in [-0.2, 0) is 19.6 Å². The molecule has 2 N–H and O–H groups in total. The first-order valence-corrected chi connectivity index (χ1v) is 11.2. The standard InChI is InChI=1S/C19H32N2O4S/c1-5-14(4)17(22)20-19(12-15(19)9-7-6-8-13(2)3)18(23)21-26(24,25)16-10-11-16/h7,9,13-16H,5-6,8,10-12H2,1-4H3,(H,20,22)(H,21,23). The van der Waals surface area contributed by atoms with E-state index in [0.29, 0.717) is 31.6 Å². The number of sulfonamides is 1. The SMILES string of the molecule is CCC(C)C(=O)NC1(C(=O)NS(=O)(=O)C2CC2)CC1C=CCCC(C)C. The third-order valence-corrected chi connectivity index (χ3v) is 7.12. The molecule has 0 aliphatic heterocycles. The summed E-state index contributed by atoms with van der Waals surface area (Å²) >= 11 is 0. The molecule has 0 saturated heterocycles. The van der Waals surface area contributed by atoms with Gasteiger partial charge in [-0.05, 0) is 44.4 Å². The van der Waals surface area contributed by atoms with Gasteiger partial charge >= 0.3 is 0 Å². The fourth-order valence-corrected chi connectivity index (χ4v) is 4.25. The second-order valence-corrected chi connectivity index (χ2v) is 10.1. The minimum Gasteiger partial charge on any atom is -0.341 e. The van der Waals surface area contributed by atoms with Crippen LogP contribution in [0.25, 0.3) is 0 Å². The minimum atomic E-state index is -3.63. The van der Waals surface area contributed by atoms with Crippen LogP contribution in [0.3, 0.4) is 0 Å². The van der Waals surface area contributed by atoms with E-state index in [2.05, 4.69) is 23.9 Å². The van der Waals surface area contributed by atoms with E-state index < -0.39 is 26.7 Å². The molecular weight excluding hydrogens is 352 g/mol. The van der Waals surface area contributed by atoms with Crippen molar-refractivity contribution < 1.29 is 18.0 Å². The van der Waals surface area contributed by atoms with Crippen molar-refractivity contribution in [1.82, 2.24) is 10.0 Å². The normalized spacial score (nSPS) is 26.7. The molecule has 7 heteroatoms. The molecule has 0 aromatic carbocycles. The summed E-state index contributed by atoms with van der Waals surface area (Å²) in [6.07, 6.45) is 8.23. The van der Waals surface area contributed by atoms with Crippen LogP contribution in [0.5, 0.6) is 0 Å². The van der Waals surface area contributed by atoms with E-state index in [1.54, 1.807) is 6.92 Å². The Morgan fingerprint density at radius 1 is 1.23 bits per heavy atom. The van der Waals surface area contributed by atoms with Gasteiger partial charge < -0.3 is 5.32 Å². The van der Waals surface area contributed by atoms with E-state index in [0.717, 1.165) is 12.8 Å². The average Bonchev–Trinajstić information content (AvgIpc) is 3.44. The Bertz CT molecular complexity index is 667. The van der Waals surface area contributed by atoms with Gasteiger partial charge in [0, 0.05) is 11.8 Å². The van der Waals surface area contributed by atoms with Crippen molar-refractivity contribution in [1.29, 1.82) is 0 Å². The summed E-state index contributed by atoms with van der Waals surface area (Å²) in [5, 5.41) is 2.37. The van der Waals surface area contributed by atoms with Crippen LogP contribution in [0.15, 0.2) is 12.2 Å². The number of nitrogens with one attached hydrogen (secondary N) is 2. The molecule has 6 nitrogen and oxygen atoms in total. The van der Waals surface area contributed by atoms with E-state index in [1.165, 1.54) is 0 Å². The van der Waals surface area contributed by atoms with Gasteiger partial charge in [0.15, 0.2) is 0 Å². The van der Waals surface area contributed by atoms with Crippen LogP contribution >= 0.6 is 0 Å². The number of amides is 2. The fraction of sp³-hybridized carbons (Fsp3) is 0.789. The topological polar surface area (TPSA) is 92.3 Å². The molecule has 0 spiro atoms. The van der Waals surface area contributed by atoms with E-state index in [4.69, 9.17) is 0 Å². The second-order valence-electron chi connectivity index (χ2n) is 8.16. The van der Waals surface area contributed by atoms with Gasteiger partial charge in [-0.1, -0.05) is 39.8 Å². The molecule has 0 heterocycles. The van der Waals surface area contributed by atoms with Crippen LogP contribution in [0.4, 0.5) is 0 Å². The zero-order valence-corrected chi connectivity index (χ0v) is 17.1. The molecule has 3 unspecified atom stereocenters. The van der Waals surface area contributed by atoms with Crippen LogP contribution < -0.4 is 10.0 Å². The predicted octanol–water partition coefficient (Wildman–Crippen LogP) is 2.51. The predicted molar refractivity (Wildman–Crippen MR) is 102 cm³/mol. The number of rotatable bonds is 10.